The molecular formula is C13H7Cl2N3O2. The summed E-state index contributed by atoms with van der Waals surface area (Å²) in [5, 5.41) is 11.1. The van der Waals surface area contributed by atoms with Gasteiger partial charge in [-0.3, -0.25) is 10.1 Å². The van der Waals surface area contributed by atoms with Crippen LogP contribution < -0.4 is 0 Å². The first-order chi connectivity index (χ1) is 9.56. The van der Waals surface area contributed by atoms with Crippen LogP contribution in [0.5, 0.6) is 0 Å². The van der Waals surface area contributed by atoms with Gasteiger partial charge in [-0.05, 0) is 12.1 Å². The molecule has 0 bridgehead atoms. The third kappa shape index (κ3) is 2.11. The number of hydrogen-bond donors (Lipinski definition) is 1. The van der Waals surface area contributed by atoms with Gasteiger partial charge >= 0.3 is 0 Å². The Kier molecular flexibility index (Phi) is 3.08. The topological polar surface area (TPSA) is 71.8 Å². The number of nitro groups is 1. The number of aromatic amines is 1. The summed E-state index contributed by atoms with van der Waals surface area (Å²) in [4.78, 5) is 17.7. The third-order valence-corrected chi connectivity index (χ3v) is 3.46. The number of nitrogens with one attached hydrogen (secondary N) is 1. The summed E-state index contributed by atoms with van der Waals surface area (Å²) < 4.78 is 0. The quantitative estimate of drug-likeness (QED) is 0.561. The smallest absolute Gasteiger partial charge is 0.272 e. The predicted octanol–water partition coefficient (Wildman–Crippen LogP) is 4.44. The van der Waals surface area contributed by atoms with Crippen molar-refractivity contribution in [3.63, 3.8) is 0 Å². The Balaban J connectivity index is 2.21. The lowest BCUT2D eigenvalue weighted by Gasteiger charge is -2.03. The summed E-state index contributed by atoms with van der Waals surface area (Å²) in [6.07, 6.45) is 0. The average Bonchev–Trinajstić information content (AvgIpc) is 2.80. The van der Waals surface area contributed by atoms with Gasteiger partial charge in [0.2, 0.25) is 0 Å². The molecule has 3 aromatic rings. The van der Waals surface area contributed by atoms with E-state index in [4.69, 9.17) is 23.2 Å². The summed E-state index contributed by atoms with van der Waals surface area (Å²) in [7, 11) is 0. The van der Waals surface area contributed by atoms with Crippen LogP contribution in [0.2, 0.25) is 10.0 Å². The summed E-state index contributed by atoms with van der Waals surface area (Å²) in [5.41, 5.74) is 1.91. The summed E-state index contributed by atoms with van der Waals surface area (Å²) in [6.45, 7) is 0. The molecule has 0 radical (unpaired) electrons. The Labute approximate surface area is 123 Å². The summed E-state index contributed by atoms with van der Waals surface area (Å²) in [6, 6.07) is 9.99. The van der Waals surface area contributed by atoms with Crippen molar-refractivity contribution < 1.29 is 4.92 Å². The second-order valence-electron chi connectivity index (χ2n) is 4.14. The normalized spacial score (nSPS) is 10.9. The highest BCUT2D eigenvalue weighted by atomic mass is 35.5. The minimum Gasteiger partial charge on any atom is -0.338 e. The zero-order valence-corrected chi connectivity index (χ0v) is 11.4. The van der Waals surface area contributed by atoms with Crippen LogP contribution in [0.3, 0.4) is 0 Å². The first-order valence-corrected chi connectivity index (χ1v) is 6.40. The van der Waals surface area contributed by atoms with Crippen LogP contribution in [0.4, 0.5) is 5.69 Å². The van der Waals surface area contributed by atoms with E-state index in [1.54, 1.807) is 0 Å². The van der Waals surface area contributed by atoms with Crippen molar-refractivity contribution >= 4 is 39.9 Å². The molecule has 0 spiro atoms. The van der Waals surface area contributed by atoms with E-state index < -0.39 is 4.92 Å². The first-order valence-electron chi connectivity index (χ1n) is 5.65. The number of hydrogen-bond acceptors (Lipinski definition) is 3. The molecule has 1 heterocycles. The van der Waals surface area contributed by atoms with E-state index in [1.165, 1.54) is 12.1 Å². The van der Waals surface area contributed by atoms with Crippen molar-refractivity contribution in [1.82, 2.24) is 9.97 Å². The molecule has 0 saturated heterocycles. The van der Waals surface area contributed by atoms with Crippen molar-refractivity contribution in [3.05, 3.63) is 56.6 Å². The van der Waals surface area contributed by atoms with Gasteiger partial charge in [-0.2, -0.15) is 0 Å². The van der Waals surface area contributed by atoms with E-state index in [0.29, 0.717) is 11.4 Å². The standard InChI is InChI=1S/C13H7Cl2N3O2/c14-8-5-7(18(19)20)6-9(15)12(8)13-16-10-3-1-2-4-11(10)17-13/h1-6H,(H,16,17). The third-order valence-electron chi connectivity index (χ3n) is 2.86. The molecule has 0 aliphatic carbocycles. The number of nitro benzene ring substituents is 1. The number of rotatable bonds is 2. The molecule has 2 aromatic carbocycles. The fourth-order valence-corrected chi connectivity index (χ4v) is 2.62. The molecule has 0 aliphatic rings. The Bertz CT molecular complexity index is 773. The van der Waals surface area contributed by atoms with Crippen LogP contribution in [0, 0.1) is 10.1 Å². The zero-order valence-electron chi connectivity index (χ0n) is 9.93. The van der Waals surface area contributed by atoms with Gasteiger partial charge in [0, 0.05) is 12.1 Å². The second kappa shape index (κ2) is 4.77. The maximum absolute atomic E-state index is 10.8. The van der Waals surface area contributed by atoms with Crippen molar-refractivity contribution in [2.24, 2.45) is 0 Å². The predicted molar refractivity (Wildman–Crippen MR) is 78.2 cm³/mol. The Morgan fingerprint density at radius 2 is 1.80 bits per heavy atom. The van der Waals surface area contributed by atoms with Crippen LogP contribution in [-0.2, 0) is 0 Å². The number of para-hydroxylation sites is 2. The molecule has 5 nitrogen and oxygen atoms in total. The van der Waals surface area contributed by atoms with E-state index in [1.807, 2.05) is 24.3 Å². The highest BCUT2D eigenvalue weighted by Crippen LogP contribution is 2.37. The van der Waals surface area contributed by atoms with Gasteiger partial charge in [-0.25, -0.2) is 4.98 Å². The van der Waals surface area contributed by atoms with Crippen LogP contribution in [0.25, 0.3) is 22.4 Å². The Morgan fingerprint density at radius 3 is 2.40 bits per heavy atom. The molecule has 20 heavy (non-hydrogen) atoms. The maximum Gasteiger partial charge on any atom is 0.272 e. The number of non-ortho nitro benzene ring substituents is 1. The van der Waals surface area contributed by atoms with Crippen molar-refractivity contribution in [3.8, 4) is 11.4 Å². The second-order valence-corrected chi connectivity index (χ2v) is 4.96. The van der Waals surface area contributed by atoms with E-state index in [2.05, 4.69) is 9.97 Å². The number of fused-ring (bicyclic) bond motifs is 1. The van der Waals surface area contributed by atoms with E-state index >= 15 is 0 Å². The zero-order chi connectivity index (χ0) is 14.3. The number of aromatic nitrogens is 2. The van der Waals surface area contributed by atoms with Crippen molar-refractivity contribution in [2.45, 2.75) is 0 Å². The van der Waals surface area contributed by atoms with Crippen LogP contribution >= 0.6 is 23.2 Å². The lowest BCUT2D eigenvalue weighted by atomic mass is 10.2. The molecule has 3 rings (SSSR count). The van der Waals surface area contributed by atoms with E-state index in [9.17, 15) is 10.1 Å². The number of benzene rings is 2. The molecule has 0 aliphatic heterocycles. The highest BCUT2D eigenvalue weighted by molar-refractivity contribution is 6.39. The van der Waals surface area contributed by atoms with Crippen molar-refractivity contribution in [2.75, 3.05) is 0 Å². The highest BCUT2D eigenvalue weighted by Gasteiger charge is 2.18. The van der Waals surface area contributed by atoms with Crippen LogP contribution in [0.1, 0.15) is 0 Å². The van der Waals surface area contributed by atoms with E-state index in [0.717, 1.165) is 11.0 Å². The van der Waals surface area contributed by atoms with Gasteiger partial charge in [0.05, 0.1) is 31.6 Å². The van der Waals surface area contributed by atoms with Crippen molar-refractivity contribution in [1.29, 1.82) is 0 Å². The number of halogens is 2. The number of imidazole rings is 1. The van der Waals surface area contributed by atoms with E-state index in [-0.39, 0.29) is 15.7 Å². The lowest BCUT2D eigenvalue weighted by Crippen LogP contribution is -1.91. The minimum absolute atomic E-state index is 0.153. The molecule has 7 heteroatoms. The van der Waals surface area contributed by atoms with Crippen LogP contribution in [-0.4, -0.2) is 14.9 Å². The molecular weight excluding hydrogens is 301 g/mol. The van der Waals surface area contributed by atoms with Gasteiger partial charge in [-0.15, -0.1) is 0 Å². The molecule has 1 aromatic heterocycles. The van der Waals surface area contributed by atoms with Gasteiger partial charge in [0.25, 0.3) is 5.69 Å². The number of nitrogens with zero attached hydrogens (tertiary/aromatic N) is 2. The number of H-pyrrole nitrogens is 1. The van der Waals surface area contributed by atoms with Crippen LogP contribution in [0.15, 0.2) is 36.4 Å². The fraction of sp³-hybridized carbons (Fsp3) is 0. The monoisotopic (exact) mass is 307 g/mol. The summed E-state index contributed by atoms with van der Waals surface area (Å²) >= 11 is 12.2. The molecule has 1 N–H and O–H groups in total. The summed E-state index contributed by atoms with van der Waals surface area (Å²) in [5.74, 6) is 0.482. The largest absolute Gasteiger partial charge is 0.338 e. The Hall–Kier alpha value is -2.11. The Morgan fingerprint density at radius 1 is 1.15 bits per heavy atom. The van der Waals surface area contributed by atoms with Gasteiger partial charge in [-0.1, -0.05) is 35.3 Å². The van der Waals surface area contributed by atoms with Gasteiger partial charge < -0.3 is 4.98 Å². The molecule has 0 unspecified atom stereocenters. The molecule has 0 amide bonds. The SMILES string of the molecule is O=[N+]([O-])c1cc(Cl)c(-c2nc3ccccc3[nH]2)c(Cl)c1. The maximum atomic E-state index is 10.8. The average molecular weight is 308 g/mol. The first kappa shape index (κ1) is 12.9. The molecule has 100 valence electrons. The van der Waals surface area contributed by atoms with Gasteiger partial charge in [0.15, 0.2) is 0 Å². The molecule has 0 saturated carbocycles. The fourth-order valence-electron chi connectivity index (χ4n) is 1.96. The van der Waals surface area contributed by atoms with Gasteiger partial charge in [0.1, 0.15) is 5.82 Å². The molecule has 0 fully saturated rings. The molecule has 0 atom stereocenters. The lowest BCUT2D eigenvalue weighted by molar-refractivity contribution is -0.384. The minimum atomic E-state index is -0.541.